The van der Waals surface area contributed by atoms with Gasteiger partial charge in [0.15, 0.2) is 5.75 Å². The summed E-state index contributed by atoms with van der Waals surface area (Å²) in [6.45, 7) is 0. The maximum Gasteiger partial charge on any atom is 0.337 e. The number of aromatic hydroxyl groups is 1. The summed E-state index contributed by atoms with van der Waals surface area (Å²) in [5.74, 6) is -2.15. The molecule has 0 atom stereocenters. The third kappa shape index (κ3) is 4.86. The van der Waals surface area contributed by atoms with Gasteiger partial charge in [-0.05, 0) is 42.0 Å². The third-order valence-corrected chi connectivity index (χ3v) is 3.73. The van der Waals surface area contributed by atoms with E-state index in [0.717, 1.165) is 12.1 Å². The molecule has 2 N–H and O–H groups in total. The quantitative estimate of drug-likeness (QED) is 0.248. The van der Waals surface area contributed by atoms with Gasteiger partial charge in [0.1, 0.15) is 11.6 Å². The minimum Gasteiger partial charge on any atom is -0.500 e. The number of anilines is 1. The zero-order valence-electron chi connectivity index (χ0n) is 15.3. The first-order valence-electron chi connectivity index (χ1n) is 7.97. The maximum absolute atomic E-state index is 12.4. The van der Waals surface area contributed by atoms with Gasteiger partial charge >= 0.3 is 11.7 Å². The van der Waals surface area contributed by atoms with E-state index < -0.39 is 28.2 Å². The van der Waals surface area contributed by atoms with Crippen LogP contribution in [0.1, 0.15) is 15.9 Å². The topological polar surface area (TPSA) is 152 Å². The van der Waals surface area contributed by atoms with Crippen LogP contribution in [0, 0.1) is 21.4 Å². The van der Waals surface area contributed by atoms with Gasteiger partial charge in [-0.3, -0.25) is 14.9 Å². The summed E-state index contributed by atoms with van der Waals surface area (Å²) >= 11 is 0. The third-order valence-electron chi connectivity index (χ3n) is 3.73. The molecule has 0 heterocycles. The highest BCUT2D eigenvalue weighted by atomic mass is 16.6. The maximum atomic E-state index is 12.4. The van der Waals surface area contributed by atoms with Crippen molar-refractivity contribution >= 4 is 29.3 Å². The van der Waals surface area contributed by atoms with Crippen molar-refractivity contribution in [3.05, 3.63) is 63.2 Å². The van der Waals surface area contributed by atoms with E-state index in [9.17, 15) is 30.1 Å². The zero-order valence-corrected chi connectivity index (χ0v) is 15.3. The van der Waals surface area contributed by atoms with Crippen molar-refractivity contribution < 1.29 is 29.1 Å². The van der Waals surface area contributed by atoms with Crippen LogP contribution in [0.3, 0.4) is 0 Å². The number of nitro benzene ring substituents is 1. The lowest BCUT2D eigenvalue weighted by atomic mass is 10.1. The molecule has 10 nitrogen and oxygen atoms in total. The minimum absolute atomic E-state index is 0.110. The highest BCUT2D eigenvalue weighted by Gasteiger charge is 2.20. The summed E-state index contributed by atoms with van der Waals surface area (Å²) in [5.41, 5.74) is -0.266. The van der Waals surface area contributed by atoms with Gasteiger partial charge < -0.3 is 19.9 Å². The Bertz CT molecular complexity index is 1040. The number of amides is 1. The van der Waals surface area contributed by atoms with Gasteiger partial charge in [-0.25, -0.2) is 4.79 Å². The number of phenolic OH excluding ortho intramolecular Hbond substituents is 1. The van der Waals surface area contributed by atoms with Crippen LogP contribution in [0.15, 0.2) is 42.0 Å². The van der Waals surface area contributed by atoms with E-state index in [1.54, 1.807) is 6.07 Å². The number of ether oxygens (including phenoxy) is 2. The van der Waals surface area contributed by atoms with Gasteiger partial charge in [0.2, 0.25) is 5.75 Å². The number of benzene rings is 2. The lowest BCUT2D eigenvalue weighted by Gasteiger charge is -2.07. The predicted molar refractivity (Wildman–Crippen MR) is 101 cm³/mol. The smallest absolute Gasteiger partial charge is 0.337 e. The molecule has 0 aliphatic rings. The molecule has 2 aromatic carbocycles. The molecule has 0 spiro atoms. The Labute approximate surface area is 164 Å². The lowest BCUT2D eigenvalue weighted by Crippen LogP contribution is -2.13. The van der Waals surface area contributed by atoms with Crippen LogP contribution in [0.4, 0.5) is 11.4 Å². The predicted octanol–water partition coefficient (Wildman–Crippen LogP) is 2.64. The van der Waals surface area contributed by atoms with Gasteiger partial charge in [0, 0.05) is 11.8 Å². The van der Waals surface area contributed by atoms with Crippen LogP contribution in [0.2, 0.25) is 0 Å². The first-order chi connectivity index (χ1) is 13.8. The second kappa shape index (κ2) is 9.01. The molecular weight excluding hydrogens is 382 g/mol. The zero-order chi connectivity index (χ0) is 21.6. The molecule has 0 bridgehead atoms. The molecule has 2 aromatic rings. The van der Waals surface area contributed by atoms with Crippen LogP contribution in [0.25, 0.3) is 6.08 Å². The number of nitriles is 1. The van der Waals surface area contributed by atoms with Crippen LogP contribution in [-0.2, 0) is 9.53 Å². The summed E-state index contributed by atoms with van der Waals surface area (Å²) in [4.78, 5) is 34.0. The molecule has 0 aromatic heterocycles. The number of carbonyl (C=O) groups is 2. The Balaban J connectivity index is 2.31. The molecule has 0 fully saturated rings. The number of esters is 1. The lowest BCUT2D eigenvalue weighted by molar-refractivity contribution is -0.386. The molecule has 0 aliphatic carbocycles. The Morgan fingerprint density at radius 1 is 1.24 bits per heavy atom. The van der Waals surface area contributed by atoms with Crippen LogP contribution in [0.5, 0.6) is 11.5 Å². The van der Waals surface area contributed by atoms with Crippen molar-refractivity contribution in [1.29, 1.82) is 5.26 Å². The molecule has 0 radical (unpaired) electrons. The van der Waals surface area contributed by atoms with E-state index in [0.29, 0.717) is 5.69 Å². The van der Waals surface area contributed by atoms with E-state index in [-0.39, 0.29) is 22.4 Å². The fourth-order valence-corrected chi connectivity index (χ4v) is 2.31. The van der Waals surface area contributed by atoms with Crippen LogP contribution < -0.4 is 10.1 Å². The van der Waals surface area contributed by atoms with Crippen molar-refractivity contribution in [2.24, 2.45) is 0 Å². The molecule has 0 aliphatic heterocycles. The standard InChI is InChI=1S/C19H15N3O7/c1-28-16-9-11(8-15(17(16)23)22(26)27)7-13(10-20)18(24)21-14-5-3-12(4-6-14)19(25)29-2/h3-9,23H,1-2H3,(H,21,24)/b13-7+. The number of hydrogen-bond acceptors (Lipinski definition) is 8. The molecular formula is C19H15N3O7. The van der Waals surface area contributed by atoms with Gasteiger partial charge in [0.25, 0.3) is 5.91 Å². The number of nitrogens with zero attached hydrogens (tertiary/aromatic N) is 2. The van der Waals surface area contributed by atoms with E-state index in [2.05, 4.69) is 10.1 Å². The minimum atomic E-state index is -0.815. The fraction of sp³-hybridized carbons (Fsp3) is 0.105. The average Bonchev–Trinajstić information content (AvgIpc) is 2.72. The Morgan fingerprint density at radius 2 is 1.90 bits per heavy atom. The number of hydrogen-bond donors (Lipinski definition) is 2. The molecule has 148 valence electrons. The molecule has 10 heteroatoms. The fourth-order valence-electron chi connectivity index (χ4n) is 2.31. The number of nitrogens with one attached hydrogen (secondary N) is 1. The van der Waals surface area contributed by atoms with Crippen molar-refractivity contribution in [2.45, 2.75) is 0 Å². The van der Waals surface area contributed by atoms with Gasteiger partial charge in [-0.15, -0.1) is 0 Å². The number of carbonyl (C=O) groups excluding carboxylic acids is 2. The van der Waals surface area contributed by atoms with Crippen LogP contribution >= 0.6 is 0 Å². The van der Waals surface area contributed by atoms with E-state index in [4.69, 9.17) is 4.74 Å². The summed E-state index contributed by atoms with van der Waals surface area (Å²) in [5, 5.41) is 32.6. The molecule has 0 unspecified atom stereocenters. The molecule has 0 saturated heterocycles. The summed E-state index contributed by atoms with van der Waals surface area (Å²) in [6.07, 6.45) is 1.12. The van der Waals surface area contributed by atoms with Gasteiger partial charge in [-0.1, -0.05) is 0 Å². The SMILES string of the molecule is COC(=O)c1ccc(NC(=O)/C(C#N)=C/c2cc(OC)c(O)c([N+](=O)[O-])c2)cc1. The summed E-state index contributed by atoms with van der Waals surface area (Å²) in [6, 6.07) is 9.74. The highest BCUT2D eigenvalue weighted by molar-refractivity contribution is 6.09. The van der Waals surface area contributed by atoms with Crippen molar-refractivity contribution in [1.82, 2.24) is 0 Å². The summed E-state index contributed by atoms with van der Waals surface area (Å²) in [7, 11) is 2.45. The highest BCUT2D eigenvalue weighted by Crippen LogP contribution is 2.37. The second-order valence-electron chi connectivity index (χ2n) is 5.54. The van der Waals surface area contributed by atoms with E-state index in [1.165, 1.54) is 44.6 Å². The van der Waals surface area contributed by atoms with Crippen molar-refractivity contribution in [3.8, 4) is 17.6 Å². The molecule has 0 saturated carbocycles. The van der Waals surface area contributed by atoms with E-state index >= 15 is 0 Å². The van der Waals surface area contributed by atoms with Gasteiger partial charge in [-0.2, -0.15) is 5.26 Å². The Kier molecular flexibility index (Phi) is 6.50. The molecule has 1 amide bonds. The number of rotatable bonds is 6. The number of nitro groups is 1. The van der Waals surface area contributed by atoms with Crippen molar-refractivity contribution in [3.63, 3.8) is 0 Å². The monoisotopic (exact) mass is 397 g/mol. The average molecular weight is 397 g/mol. The Hall–Kier alpha value is -4.39. The van der Waals surface area contributed by atoms with Gasteiger partial charge in [0.05, 0.1) is 24.7 Å². The first kappa shape index (κ1) is 20.9. The van der Waals surface area contributed by atoms with Crippen LogP contribution in [-0.4, -0.2) is 36.1 Å². The second-order valence-corrected chi connectivity index (χ2v) is 5.54. The Morgan fingerprint density at radius 3 is 2.41 bits per heavy atom. The number of methoxy groups -OCH3 is 2. The first-order valence-corrected chi connectivity index (χ1v) is 7.97. The number of phenols is 1. The molecule has 2 rings (SSSR count). The van der Waals surface area contributed by atoms with E-state index in [1.807, 2.05) is 0 Å². The normalized spacial score (nSPS) is 10.6. The van der Waals surface area contributed by atoms with Crippen molar-refractivity contribution in [2.75, 3.05) is 19.5 Å². The largest absolute Gasteiger partial charge is 0.500 e. The molecule has 29 heavy (non-hydrogen) atoms. The summed E-state index contributed by atoms with van der Waals surface area (Å²) < 4.78 is 9.46.